The van der Waals surface area contributed by atoms with Crippen molar-refractivity contribution in [2.45, 2.75) is 19.1 Å². The Kier molecular flexibility index (Phi) is 8.70. The van der Waals surface area contributed by atoms with E-state index >= 15 is 0 Å². The zero-order valence-corrected chi connectivity index (χ0v) is 18.7. The van der Waals surface area contributed by atoms with E-state index in [4.69, 9.17) is 0 Å². The van der Waals surface area contributed by atoms with Crippen LogP contribution in [0.25, 0.3) is 5.69 Å². The molecule has 5 nitrogen and oxygen atoms in total. The lowest BCUT2D eigenvalue weighted by Crippen LogP contribution is -2.38. The fourth-order valence-electron chi connectivity index (χ4n) is 2.90. The van der Waals surface area contributed by atoms with Crippen molar-refractivity contribution in [2.24, 2.45) is 4.99 Å². The molecule has 30 heavy (non-hydrogen) atoms. The van der Waals surface area contributed by atoms with Crippen LogP contribution in [0.4, 0.5) is 13.2 Å². The first-order valence-corrected chi connectivity index (χ1v) is 9.14. The van der Waals surface area contributed by atoms with Gasteiger partial charge in [-0.15, -0.1) is 24.0 Å². The molecule has 0 fully saturated rings. The number of rotatable bonds is 6. The van der Waals surface area contributed by atoms with E-state index in [1.54, 1.807) is 19.6 Å². The van der Waals surface area contributed by atoms with Crippen molar-refractivity contribution in [3.8, 4) is 5.69 Å². The molecule has 0 amide bonds. The molecule has 0 aliphatic heterocycles. The van der Waals surface area contributed by atoms with E-state index in [0.29, 0.717) is 25.5 Å². The molecule has 3 rings (SSSR count). The number of aliphatic imine (C=N–C) groups is 1. The van der Waals surface area contributed by atoms with Gasteiger partial charge in [-0.25, -0.2) is 4.98 Å². The molecule has 3 aromatic rings. The van der Waals surface area contributed by atoms with Crippen molar-refractivity contribution in [1.29, 1.82) is 0 Å². The van der Waals surface area contributed by atoms with Crippen molar-refractivity contribution in [3.05, 3.63) is 83.9 Å². The van der Waals surface area contributed by atoms with E-state index in [2.05, 4.69) is 20.6 Å². The normalized spacial score (nSPS) is 11.7. The van der Waals surface area contributed by atoms with Gasteiger partial charge in [0, 0.05) is 32.5 Å². The SMILES string of the molecule is CN=C(NCCc1ccc(C(F)(F)F)cc1)NCc1ccccc1-n1ccnc1.I. The van der Waals surface area contributed by atoms with Crippen molar-refractivity contribution >= 4 is 29.9 Å². The molecule has 0 atom stereocenters. The maximum atomic E-state index is 12.6. The molecular weight excluding hydrogens is 506 g/mol. The molecule has 2 N–H and O–H groups in total. The van der Waals surface area contributed by atoms with Gasteiger partial charge in [0.2, 0.25) is 0 Å². The van der Waals surface area contributed by atoms with Gasteiger partial charge in [-0.1, -0.05) is 30.3 Å². The van der Waals surface area contributed by atoms with Crippen LogP contribution in [0, 0.1) is 0 Å². The third-order valence-corrected chi connectivity index (χ3v) is 4.43. The van der Waals surface area contributed by atoms with Crippen LogP contribution in [-0.4, -0.2) is 29.1 Å². The third-order valence-electron chi connectivity index (χ3n) is 4.43. The topological polar surface area (TPSA) is 54.2 Å². The van der Waals surface area contributed by atoms with Gasteiger partial charge >= 0.3 is 6.18 Å². The summed E-state index contributed by atoms with van der Waals surface area (Å²) in [5.74, 6) is 0.623. The van der Waals surface area contributed by atoms with Crippen LogP contribution < -0.4 is 10.6 Å². The first-order valence-electron chi connectivity index (χ1n) is 9.14. The van der Waals surface area contributed by atoms with Crippen LogP contribution in [0.2, 0.25) is 0 Å². The summed E-state index contributed by atoms with van der Waals surface area (Å²) in [6.07, 6.45) is 1.64. The van der Waals surface area contributed by atoms with E-state index in [1.807, 2.05) is 35.0 Å². The highest BCUT2D eigenvalue weighted by atomic mass is 127. The Hall–Kier alpha value is -2.56. The quantitative estimate of drug-likeness (QED) is 0.283. The molecule has 0 aliphatic carbocycles. The molecule has 0 bridgehead atoms. The number of guanidine groups is 1. The summed E-state index contributed by atoms with van der Waals surface area (Å²) in [6, 6.07) is 13.2. The molecule has 0 saturated heterocycles. The number of para-hydroxylation sites is 1. The Morgan fingerprint density at radius 1 is 1.07 bits per heavy atom. The summed E-state index contributed by atoms with van der Waals surface area (Å²) in [5, 5.41) is 6.44. The number of nitrogens with one attached hydrogen (secondary N) is 2. The summed E-state index contributed by atoms with van der Waals surface area (Å²) in [7, 11) is 1.68. The zero-order valence-electron chi connectivity index (χ0n) is 16.4. The smallest absolute Gasteiger partial charge is 0.356 e. The van der Waals surface area contributed by atoms with E-state index in [1.165, 1.54) is 12.1 Å². The van der Waals surface area contributed by atoms with Crippen LogP contribution >= 0.6 is 24.0 Å². The van der Waals surface area contributed by atoms with Crippen molar-refractivity contribution in [1.82, 2.24) is 20.2 Å². The summed E-state index contributed by atoms with van der Waals surface area (Å²) >= 11 is 0. The molecule has 0 spiro atoms. The van der Waals surface area contributed by atoms with Gasteiger partial charge in [-0.3, -0.25) is 4.99 Å². The van der Waals surface area contributed by atoms with Gasteiger partial charge in [0.25, 0.3) is 0 Å². The lowest BCUT2D eigenvalue weighted by molar-refractivity contribution is -0.137. The predicted octanol–water partition coefficient (Wildman–Crippen LogP) is 4.42. The first-order chi connectivity index (χ1) is 14.0. The second-order valence-corrected chi connectivity index (χ2v) is 6.40. The summed E-state index contributed by atoms with van der Waals surface area (Å²) in [6.45, 7) is 1.11. The fraction of sp³-hybridized carbons (Fsp3) is 0.238. The maximum absolute atomic E-state index is 12.6. The number of benzene rings is 2. The van der Waals surface area contributed by atoms with Gasteiger partial charge in [-0.2, -0.15) is 13.2 Å². The number of alkyl halides is 3. The Bertz CT molecular complexity index is 938. The largest absolute Gasteiger partial charge is 0.416 e. The first kappa shape index (κ1) is 23.7. The average molecular weight is 529 g/mol. The van der Waals surface area contributed by atoms with Gasteiger partial charge in [0.05, 0.1) is 17.6 Å². The summed E-state index contributed by atoms with van der Waals surface area (Å²) < 4.78 is 39.8. The molecule has 2 aromatic carbocycles. The van der Waals surface area contributed by atoms with Crippen molar-refractivity contribution < 1.29 is 13.2 Å². The van der Waals surface area contributed by atoms with Gasteiger partial charge in [0.15, 0.2) is 5.96 Å². The number of halogens is 4. The monoisotopic (exact) mass is 529 g/mol. The Morgan fingerprint density at radius 3 is 2.43 bits per heavy atom. The molecule has 0 saturated carbocycles. The lowest BCUT2D eigenvalue weighted by atomic mass is 10.1. The minimum Gasteiger partial charge on any atom is -0.356 e. The highest BCUT2D eigenvalue weighted by Gasteiger charge is 2.29. The molecule has 1 heterocycles. The number of hydrogen-bond donors (Lipinski definition) is 2. The predicted molar refractivity (Wildman–Crippen MR) is 122 cm³/mol. The molecule has 9 heteroatoms. The number of aromatic nitrogens is 2. The minimum atomic E-state index is -4.31. The fourth-order valence-corrected chi connectivity index (χ4v) is 2.90. The standard InChI is InChI=1S/C21H22F3N5.HI/c1-25-20(27-11-10-16-6-8-18(9-7-16)21(22,23)24)28-14-17-4-2-3-5-19(17)29-13-12-26-15-29;/h2-9,12-13,15H,10-11,14H2,1H3,(H2,25,27,28);1H. The van der Waals surface area contributed by atoms with Crippen LogP contribution in [-0.2, 0) is 19.1 Å². The van der Waals surface area contributed by atoms with Crippen LogP contribution in [0.15, 0.2) is 72.2 Å². The average Bonchev–Trinajstić information content (AvgIpc) is 3.25. The molecule has 1 aromatic heterocycles. The Morgan fingerprint density at radius 2 is 1.80 bits per heavy atom. The van der Waals surface area contributed by atoms with Crippen molar-refractivity contribution in [2.75, 3.05) is 13.6 Å². The van der Waals surface area contributed by atoms with E-state index in [-0.39, 0.29) is 24.0 Å². The van der Waals surface area contributed by atoms with E-state index in [0.717, 1.165) is 28.9 Å². The second-order valence-electron chi connectivity index (χ2n) is 6.40. The third kappa shape index (κ3) is 6.48. The number of nitrogens with zero attached hydrogens (tertiary/aromatic N) is 3. The number of hydrogen-bond acceptors (Lipinski definition) is 2. The number of imidazole rings is 1. The molecule has 160 valence electrons. The minimum absolute atomic E-state index is 0. The van der Waals surface area contributed by atoms with Crippen molar-refractivity contribution in [3.63, 3.8) is 0 Å². The summed E-state index contributed by atoms with van der Waals surface area (Å²) in [5.41, 5.74) is 2.29. The lowest BCUT2D eigenvalue weighted by Gasteiger charge is -2.15. The van der Waals surface area contributed by atoms with Crippen LogP contribution in [0.5, 0.6) is 0 Å². The van der Waals surface area contributed by atoms with Gasteiger partial charge in [0.1, 0.15) is 0 Å². The summed E-state index contributed by atoms with van der Waals surface area (Å²) in [4.78, 5) is 8.28. The zero-order chi connectivity index (χ0) is 20.7. The Balaban J connectivity index is 0.00000320. The Labute approximate surface area is 190 Å². The molecule has 0 radical (unpaired) electrons. The van der Waals surface area contributed by atoms with Gasteiger partial charge in [-0.05, 0) is 35.7 Å². The van der Waals surface area contributed by atoms with Gasteiger partial charge < -0.3 is 15.2 Å². The molecule has 0 aliphatic rings. The highest BCUT2D eigenvalue weighted by molar-refractivity contribution is 14.0. The molecule has 0 unspecified atom stereocenters. The maximum Gasteiger partial charge on any atom is 0.416 e. The van der Waals surface area contributed by atoms with E-state index in [9.17, 15) is 13.2 Å². The van der Waals surface area contributed by atoms with Crippen LogP contribution in [0.3, 0.4) is 0 Å². The van der Waals surface area contributed by atoms with Crippen LogP contribution in [0.1, 0.15) is 16.7 Å². The van der Waals surface area contributed by atoms with E-state index < -0.39 is 11.7 Å². The molecular formula is C21H23F3IN5. The second kappa shape index (κ2) is 11.0. The highest BCUT2D eigenvalue weighted by Crippen LogP contribution is 2.29.